The first-order valence-electron chi connectivity index (χ1n) is 8.15. The van der Waals surface area contributed by atoms with Crippen LogP contribution in [0.25, 0.3) is 5.57 Å². The Labute approximate surface area is 161 Å². The number of anilines is 1. The summed E-state index contributed by atoms with van der Waals surface area (Å²) in [6.45, 7) is 3.78. The van der Waals surface area contributed by atoms with Gasteiger partial charge in [0, 0.05) is 10.6 Å². The molecule has 2 aromatic carbocycles. The number of thioether (sulfide) groups is 1. The molecule has 1 aliphatic rings. The number of aryl methyl sites for hydroxylation is 1. The Morgan fingerprint density at radius 1 is 1.12 bits per heavy atom. The number of carbonyl (C=O) groups excluding carboxylic acids is 2. The van der Waals surface area contributed by atoms with Crippen molar-refractivity contribution in [3.05, 3.63) is 63.5 Å². The van der Waals surface area contributed by atoms with Gasteiger partial charge in [-0.1, -0.05) is 36.7 Å². The second-order valence-electron chi connectivity index (χ2n) is 5.71. The zero-order chi connectivity index (χ0) is 18.8. The van der Waals surface area contributed by atoms with E-state index in [2.05, 4.69) is 0 Å². The Kier molecular flexibility index (Phi) is 5.39. The summed E-state index contributed by atoms with van der Waals surface area (Å²) in [4.78, 5) is 28.0. The lowest BCUT2D eigenvalue weighted by atomic mass is 10.0. The van der Waals surface area contributed by atoms with Crippen molar-refractivity contribution in [1.82, 2.24) is 0 Å². The van der Waals surface area contributed by atoms with Crippen LogP contribution in [0.15, 0.2) is 47.4 Å². The number of benzene rings is 2. The topological polar surface area (TPSA) is 46.6 Å². The fourth-order valence-electron chi connectivity index (χ4n) is 2.97. The predicted octanol–water partition coefficient (Wildman–Crippen LogP) is 4.69. The molecule has 0 fully saturated rings. The van der Waals surface area contributed by atoms with Crippen molar-refractivity contribution >= 4 is 46.4 Å². The standard InChI is InChI=1S/C20H18ClNO3S/c1-4-26-18-17(14-7-5-6-8-16(14)25-3)19(23)22(20(18)24)15-10-9-13(21)11-12(15)2/h5-11H,4H2,1-3H3. The molecular formula is C20H18ClNO3S. The summed E-state index contributed by atoms with van der Waals surface area (Å²) in [5, 5.41) is 0.561. The molecule has 4 nitrogen and oxygen atoms in total. The third-order valence-electron chi connectivity index (χ3n) is 4.11. The van der Waals surface area contributed by atoms with Crippen molar-refractivity contribution in [3.8, 4) is 5.75 Å². The van der Waals surface area contributed by atoms with E-state index in [1.54, 1.807) is 37.4 Å². The van der Waals surface area contributed by atoms with Gasteiger partial charge in [-0.25, -0.2) is 4.90 Å². The Morgan fingerprint density at radius 3 is 2.50 bits per heavy atom. The van der Waals surface area contributed by atoms with E-state index in [0.717, 1.165) is 5.56 Å². The van der Waals surface area contributed by atoms with Crippen LogP contribution < -0.4 is 9.64 Å². The van der Waals surface area contributed by atoms with Crippen LogP contribution in [-0.4, -0.2) is 24.7 Å². The Balaban J connectivity index is 2.16. The normalized spacial score (nSPS) is 14.4. The number of halogens is 1. The van der Waals surface area contributed by atoms with Crippen molar-refractivity contribution in [2.45, 2.75) is 13.8 Å². The third kappa shape index (κ3) is 3.13. The lowest BCUT2D eigenvalue weighted by molar-refractivity contribution is -0.119. The summed E-state index contributed by atoms with van der Waals surface area (Å²) in [5.41, 5.74) is 2.32. The van der Waals surface area contributed by atoms with Gasteiger partial charge in [0.15, 0.2) is 0 Å². The minimum atomic E-state index is -0.346. The number of methoxy groups -OCH3 is 1. The molecule has 1 aliphatic heterocycles. The van der Waals surface area contributed by atoms with Crippen LogP contribution in [0.4, 0.5) is 5.69 Å². The number of hydrogen-bond donors (Lipinski definition) is 0. The Morgan fingerprint density at radius 2 is 1.85 bits per heavy atom. The molecule has 0 bridgehead atoms. The molecule has 0 aliphatic carbocycles. The van der Waals surface area contributed by atoms with Crippen LogP contribution >= 0.6 is 23.4 Å². The molecule has 0 unspecified atom stereocenters. The van der Waals surface area contributed by atoms with Crippen LogP contribution in [0.3, 0.4) is 0 Å². The van der Waals surface area contributed by atoms with Crippen molar-refractivity contribution in [2.75, 3.05) is 17.8 Å². The van der Waals surface area contributed by atoms with Gasteiger partial charge in [-0.15, -0.1) is 11.8 Å². The van der Waals surface area contributed by atoms with Crippen molar-refractivity contribution in [1.29, 1.82) is 0 Å². The first-order chi connectivity index (χ1) is 12.5. The maximum atomic E-state index is 13.3. The molecule has 0 spiro atoms. The highest BCUT2D eigenvalue weighted by Crippen LogP contribution is 2.41. The molecule has 0 atom stereocenters. The maximum Gasteiger partial charge on any atom is 0.272 e. The van der Waals surface area contributed by atoms with Crippen LogP contribution in [0.2, 0.25) is 5.02 Å². The van der Waals surface area contributed by atoms with Crippen molar-refractivity contribution in [2.24, 2.45) is 0 Å². The number of carbonyl (C=O) groups is 2. The van der Waals surface area contributed by atoms with E-state index in [1.807, 2.05) is 26.0 Å². The van der Waals surface area contributed by atoms with E-state index < -0.39 is 0 Å². The minimum Gasteiger partial charge on any atom is -0.496 e. The summed E-state index contributed by atoms with van der Waals surface area (Å²) < 4.78 is 5.41. The fraction of sp³-hybridized carbons (Fsp3) is 0.200. The zero-order valence-electron chi connectivity index (χ0n) is 14.7. The number of hydrogen-bond acceptors (Lipinski definition) is 4. The Hall–Kier alpha value is -2.24. The third-order valence-corrected chi connectivity index (χ3v) is 5.30. The number of para-hydroxylation sites is 1. The maximum absolute atomic E-state index is 13.3. The van der Waals surface area contributed by atoms with Gasteiger partial charge in [0.25, 0.3) is 11.8 Å². The van der Waals surface area contributed by atoms with Crippen LogP contribution in [-0.2, 0) is 9.59 Å². The second-order valence-corrected chi connectivity index (χ2v) is 7.42. The molecule has 0 N–H and O–H groups in total. The molecule has 2 amide bonds. The van der Waals surface area contributed by atoms with Gasteiger partial charge in [0.05, 0.1) is 23.3 Å². The quantitative estimate of drug-likeness (QED) is 0.698. The van der Waals surface area contributed by atoms with Gasteiger partial charge in [-0.3, -0.25) is 9.59 Å². The van der Waals surface area contributed by atoms with Crippen LogP contribution in [0.1, 0.15) is 18.1 Å². The number of amides is 2. The fourth-order valence-corrected chi connectivity index (χ4v) is 4.04. The van der Waals surface area contributed by atoms with Gasteiger partial charge in [0.1, 0.15) is 5.75 Å². The van der Waals surface area contributed by atoms with Crippen LogP contribution in [0.5, 0.6) is 5.75 Å². The van der Waals surface area contributed by atoms with Gasteiger partial charge >= 0.3 is 0 Å². The molecule has 2 aromatic rings. The highest BCUT2D eigenvalue weighted by molar-refractivity contribution is 8.04. The van der Waals surface area contributed by atoms with Gasteiger partial charge < -0.3 is 4.74 Å². The number of ether oxygens (including phenoxy) is 1. The highest BCUT2D eigenvalue weighted by atomic mass is 35.5. The van der Waals surface area contributed by atoms with Crippen molar-refractivity contribution in [3.63, 3.8) is 0 Å². The molecule has 0 aromatic heterocycles. The smallest absolute Gasteiger partial charge is 0.272 e. The monoisotopic (exact) mass is 387 g/mol. The first-order valence-corrected chi connectivity index (χ1v) is 9.51. The van der Waals surface area contributed by atoms with E-state index in [4.69, 9.17) is 16.3 Å². The molecule has 3 rings (SSSR count). The van der Waals surface area contributed by atoms with Crippen LogP contribution in [0, 0.1) is 6.92 Å². The average Bonchev–Trinajstić information content (AvgIpc) is 2.86. The molecule has 1 heterocycles. The second kappa shape index (κ2) is 7.56. The summed E-state index contributed by atoms with van der Waals surface area (Å²) >= 11 is 7.39. The molecule has 0 saturated carbocycles. The SMILES string of the molecule is CCSC1=C(c2ccccc2OC)C(=O)N(c2ccc(Cl)cc2C)C1=O. The van der Waals surface area contributed by atoms with Gasteiger partial charge in [-0.05, 0) is 42.5 Å². The summed E-state index contributed by atoms with van der Waals surface area (Å²) in [6.07, 6.45) is 0. The molecule has 0 radical (unpaired) electrons. The van der Waals surface area contributed by atoms with E-state index in [0.29, 0.717) is 38.3 Å². The molecular weight excluding hydrogens is 370 g/mol. The number of nitrogens with zero attached hydrogens (tertiary/aromatic N) is 1. The lowest BCUT2D eigenvalue weighted by Crippen LogP contribution is -2.32. The summed E-state index contributed by atoms with van der Waals surface area (Å²) in [6, 6.07) is 12.4. The molecule has 0 saturated heterocycles. The average molecular weight is 388 g/mol. The van der Waals surface area contributed by atoms with E-state index in [9.17, 15) is 9.59 Å². The molecule has 26 heavy (non-hydrogen) atoms. The van der Waals surface area contributed by atoms with Gasteiger partial charge in [-0.2, -0.15) is 0 Å². The number of imide groups is 1. The van der Waals surface area contributed by atoms with Gasteiger partial charge in [0.2, 0.25) is 0 Å². The van der Waals surface area contributed by atoms with E-state index in [1.165, 1.54) is 16.7 Å². The zero-order valence-corrected chi connectivity index (χ0v) is 16.3. The number of rotatable bonds is 5. The lowest BCUT2D eigenvalue weighted by Gasteiger charge is -2.18. The highest BCUT2D eigenvalue weighted by Gasteiger charge is 2.41. The first kappa shape index (κ1) is 18.5. The molecule has 134 valence electrons. The Bertz CT molecular complexity index is 923. The molecule has 6 heteroatoms. The summed E-state index contributed by atoms with van der Waals surface area (Å²) in [7, 11) is 1.55. The van der Waals surface area contributed by atoms with E-state index >= 15 is 0 Å². The largest absolute Gasteiger partial charge is 0.496 e. The summed E-state index contributed by atoms with van der Waals surface area (Å²) in [5.74, 6) is 0.585. The minimum absolute atomic E-state index is 0.312. The predicted molar refractivity (Wildman–Crippen MR) is 107 cm³/mol. The van der Waals surface area contributed by atoms with E-state index in [-0.39, 0.29) is 11.8 Å². The van der Waals surface area contributed by atoms with Crippen molar-refractivity contribution < 1.29 is 14.3 Å².